The van der Waals surface area contributed by atoms with Crippen LogP contribution in [-0.2, 0) is 0 Å². The van der Waals surface area contributed by atoms with Gasteiger partial charge in [-0.05, 0) is 20.8 Å². The van der Waals surface area contributed by atoms with Gasteiger partial charge in [-0.2, -0.15) is 0 Å². The molecule has 0 spiro atoms. The van der Waals surface area contributed by atoms with Gasteiger partial charge in [0.2, 0.25) is 0 Å². The average Bonchev–Trinajstić information content (AvgIpc) is 1.85. The van der Waals surface area contributed by atoms with Gasteiger partial charge in [0.05, 0.1) is 10.7 Å². The van der Waals surface area contributed by atoms with Crippen molar-refractivity contribution >= 4 is 11.3 Å². The van der Waals surface area contributed by atoms with Gasteiger partial charge in [-0.3, -0.25) is 0 Å². The third-order valence-corrected chi connectivity index (χ3v) is 2.12. The molecule has 1 aromatic heterocycles. The highest BCUT2D eigenvalue weighted by molar-refractivity contribution is 7.11. The molecule has 0 saturated carbocycles. The summed E-state index contributed by atoms with van der Waals surface area (Å²) in [5, 5.41) is 1.17. The van der Waals surface area contributed by atoms with Gasteiger partial charge in [0.25, 0.3) is 0 Å². The van der Waals surface area contributed by atoms with Gasteiger partial charge in [-0.25, -0.2) is 4.98 Å². The molecule has 8 heavy (non-hydrogen) atoms. The summed E-state index contributed by atoms with van der Waals surface area (Å²) in [5.74, 6) is 0. The lowest BCUT2D eigenvalue weighted by Gasteiger charge is -1.77. The number of thiazole rings is 1. The molecule has 1 heterocycles. The van der Waals surface area contributed by atoms with E-state index in [1.54, 1.807) is 11.3 Å². The van der Waals surface area contributed by atoms with Crippen LogP contribution in [0.15, 0.2) is 0 Å². The van der Waals surface area contributed by atoms with Gasteiger partial charge in [-0.1, -0.05) is 0 Å². The summed E-state index contributed by atoms with van der Waals surface area (Å²) in [7, 11) is 0. The molecule has 0 bridgehead atoms. The molecule has 1 rings (SSSR count). The molecule has 0 aliphatic rings. The second kappa shape index (κ2) is 1.86. The Morgan fingerprint density at radius 2 is 1.88 bits per heavy atom. The molecular formula is C6H9NS. The Bertz CT molecular complexity index is 171. The van der Waals surface area contributed by atoms with E-state index in [2.05, 4.69) is 11.9 Å². The van der Waals surface area contributed by atoms with E-state index in [1.165, 1.54) is 15.6 Å². The van der Waals surface area contributed by atoms with Crippen LogP contribution in [-0.4, -0.2) is 4.98 Å². The van der Waals surface area contributed by atoms with E-state index >= 15 is 0 Å². The Morgan fingerprint density at radius 1 is 1.25 bits per heavy atom. The van der Waals surface area contributed by atoms with Crippen molar-refractivity contribution in [1.82, 2.24) is 4.98 Å². The molecule has 44 valence electrons. The smallest absolute Gasteiger partial charge is 0.0899 e. The van der Waals surface area contributed by atoms with Crippen molar-refractivity contribution in [3.63, 3.8) is 0 Å². The SMILES string of the molecule is Cc1nc(C)c(C)s1. The first-order valence-electron chi connectivity index (χ1n) is 2.61. The lowest BCUT2D eigenvalue weighted by Crippen LogP contribution is -1.71. The molecule has 1 nitrogen and oxygen atoms in total. The van der Waals surface area contributed by atoms with E-state index < -0.39 is 0 Å². The summed E-state index contributed by atoms with van der Waals surface area (Å²) in [6.45, 7) is 6.17. The Hall–Kier alpha value is -0.370. The monoisotopic (exact) mass is 127 g/mol. The zero-order chi connectivity index (χ0) is 6.15. The Balaban J connectivity index is 3.14. The Morgan fingerprint density at radius 3 is 2.00 bits per heavy atom. The second-order valence-corrected chi connectivity index (χ2v) is 3.28. The van der Waals surface area contributed by atoms with Crippen molar-refractivity contribution in [2.75, 3.05) is 0 Å². The molecule has 0 radical (unpaired) electrons. The number of hydrogen-bond donors (Lipinski definition) is 0. The van der Waals surface area contributed by atoms with Crippen LogP contribution in [0.3, 0.4) is 0 Å². The van der Waals surface area contributed by atoms with Gasteiger partial charge in [0.15, 0.2) is 0 Å². The van der Waals surface area contributed by atoms with Crippen LogP contribution in [0, 0.1) is 20.8 Å². The summed E-state index contributed by atoms with van der Waals surface area (Å²) in [6.07, 6.45) is 0. The maximum atomic E-state index is 4.23. The van der Waals surface area contributed by atoms with E-state index in [0.29, 0.717) is 0 Å². The highest BCUT2D eigenvalue weighted by atomic mass is 32.1. The molecule has 0 aliphatic carbocycles. The minimum Gasteiger partial charge on any atom is -0.247 e. The van der Waals surface area contributed by atoms with Crippen LogP contribution in [0.5, 0.6) is 0 Å². The molecule has 0 unspecified atom stereocenters. The first kappa shape index (κ1) is 5.76. The third-order valence-electron chi connectivity index (χ3n) is 1.14. The second-order valence-electron chi connectivity index (χ2n) is 1.87. The topological polar surface area (TPSA) is 12.9 Å². The average molecular weight is 127 g/mol. The molecule has 0 N–H and O–H groups in total. The lowest BCUT2D eigenvalue weighted by molar-refractivity contribution is 1.18. The van der Waals surface area contributed by atoms with Crippen LogP contribution >= 0.6 is 11.3 Å². The minimum absolute atomic E-state index is 1.17. The number of nitrogens with zero attached hydrogens (tertiary/aromatic N) is 1. The van der Waals surface area contributed by atoms with Gasteiger partial charge < -0.3 is 0 Å². The van der Waals surface area contributed by atoms with Crippen molar-refractivity contribution in [3.8, 4) is 0 Å². The van der Waals surface area contributed by atoms with Gasteiger partial charge in [-0.15, -0.1) is 11.3 Å². The Kier molecular flexibility index (Phi) is 1.34. The first-order chi connectivity index (χ1) is 3.70. The molecular weight excluding hydrogens is 118 g/mol. The molecule has 0 atom stereocenters. The predicted molar refractivity (Wildman–Crippen MR) is 36.3 cm³/mol. The summed E-state index contributed by atoms with van der Waals surface area (Å²) in [4.78, 5) is 5.56. The molecule has 2 heteroatoms. The molecule has 0 saturated heterocycles. The van der Waals surface area contributed by atoms with Gasteiger partial charge in [0.1, 0.15) is 0 Å². The van der Waals surface area contributed by atoms with Crippen LogP contribution in [0.2, 0.25) is 0 Å². The fraction of sp³-hybridized carbons (Fsp3) is 0.500. The maximum Gasteiger partial charge on any atom is 0.0899 e. The largest absolute Gasteiger partial charge is 0.247 e. The molecule has 0 aliphatic heterocycles. The normalized spacial score (nSPS) is 9.88. The highest BCUT2D eigenvalue weighted by Crippen LogP contribution is 2.14. The number of rotatable bonds is 0. The van der Waals surface area contributed by atoms with Crippen molar-refractivity contribution in [3.05, 3.63) is 15.6 Å². The Labute approximate surface area is 53.4 Å². The lowest BCUT2D eigenvalue weighted by atomic mass is 10.4. The predicted octanol–water partition coefficient (Wildman–Crippen LogP) is 2.07. The van der Waals surface area contributed by atoms with Crippen LogP contribution in [0.4, 0.5) is 0 Å². The molecule has 1 aromatic rings. The van der Waals surface area contributed by atoms with Crippen LogP contribution < -0.4 is 0 Å². The number of aromatic nitrogens is 1. The number of aryl methyl sites for hydroxylation is 3. The summed E-state index contributed by atoms with van der Waals surface area (Å²) in [6, 6.07) is 0. The zero-order valence-electron chi connectivity index (χ0n) is 5.36. The van der Waals surface area contributed by atoms with Crippen LogP contribution in [0.1, 0.15) is 15.6 Å². The van der Waals surface area contributed by atoms with Crippen molar-refractivity contribution in [2.45, 2.75) is 20.8 Å². The third kappa shape index (κ3) is 0.892. The fourth-order valence-corrected chi connectivity index (χ4v) is 1.45. The minimum atomic E-state index is 1.17. The zero-order valence-corrected chi connectivity index (χ0v) is 6.17. The molecule has 0 fully saturated rings. The quantitative estimate of drug-likeness (QED) is 0.520. The van der Waals surface area contributed by atoms with Crippen LogP contribution in [0.25, 0.3) is 0 Å². The standard InChI is InChI=1S/C6H9NS/c1-4-5(2)8-6(3)7-4/h1-3H3. The van der Waals surface area contributed by atoms with Gasteiger partial charge in [0, 0.05) is 4.88 Å². The van der Waals surface area contributed by atoms with E-state index in [9.17, 15) is 0 Å². The van der Waals surface area contributed by atoms with Gasteiger partial charge >= 0.3 is 0 Å². The van der Waals surface area contributed by atoms with E-state index in [1.807, 2.05) is 13.8 Å². The summed E-state index contributed by atoms with van der Waals surface area (Å²) in [5.41, 5.74) is 1.17. The van der Waals surface area contributed by atoms with E-state index in [0.717, 1.165) is 0 Å². The molecule has 0 amide bonds. The maximum absolute atomic E-state index is 4.23. The summed E-state index contributed by atoms with van der Waals surface area (Å²) < 4.78 is 0. The first-order valence-corrected chi connectivity index (χ1v) is 3.42. The highest BCUT2D eigenvalue weighted by Gasteiger charge is 1.95. The van der Waals surface area contributed by atoms with E-state index in [4.69, 9.17) is 0 Å². The summed E-state index contributed by atoms with van der Waals surface area (Å²) >= 11 is 1.76. The van der Waals surface area contributed by atoms with Crippen molar-refractivity contribution < 1.29 is 0 Å². The van der Waals surface area contributed by atoms with Crippen molar-refractivity contribution in [1.29, 1.82) is 0 Å². The van der Waals surface area contributed by atoms with E-state index in [-0.39, 0.29) is 0 Å². The fourth-order valence-electron chi connectivity index (χ4n) is 0.633. The van der Waals surface area contributed by atoms with Crippen molar-refractivity contribution in [2.24, 2.45) is 0 Å². The number of hydrogen-bond acceptors (Lipinski definition) is 2. The molecule has 0 aromatic carbocycles.